The van der Waals surface area contributed by atoms with Gasteiger partial charge in [0.2, 0.25) is 5.95 Å². The van der Waals surface area contributed by atoms with E-state index in [-0.39, 0.29) is 0 Å². The molecule has 0 bridgehead atoms. The molecule has 0 radical (unpaired) electrons. The maximum atomic E-state index is 13.0. The fourth-order valence-corrected chi connectivity index (χ4v) is 1.65. The summed E-state index contributed by atoms with van der Waals surface area (Å²) >= 11 is 0. The number of nitrogens with one attached hydrogen (secondary N) is 1. The number of rotatable bonds is 1. The number of pyridine rings is 1. The van der Waals surface area contributed by atoms with Crippen molar-refractivity contribution in [1.29, 1.82) is 0 Å². The Labute approximate surface area is 90.2 Å². The smallest absolute Gasteiger partial charge is 0.213 e. The molecule has 0 aromatic carbocycles. The monoisotopic (exact) mass is 214 g/mol. The molecular weight excluding hydrogens is 207 g/mol. The van der Waals surface area contributed by atoms with E-state index >= 15 is 0 Å². The lowest BCUT2D eigenvalue weighted by atomic mass is 10.1. The Morgan fingerprint density at radius 2 is 2.25 bits per heavy atom. The molecule has 0 amide bonds. The van der Waals surface area contributed by atoms with E-state index in [0.29, 0.717) is 5.69 Å². The summed E-state index contributed by atoms with van der Waals surface area (Å²) in [6.07, 6.45) is 4.83. The number of fused-ring (bicyclic) bond motifs is 1. The number of hydrogen-bond donors (Lipinski definition) is 1. The van der Waals surface area contributed by atoms with E-state index in [1.165, 1.54) is 12.3 Å². The summed E-state index contributed by atoms with van der Waals surface area (Å²) in [4.78, 5) is 6.60. The minimum absolute atomic E-state index is 0.503. The highest BCUT2D eigenvalue weighted by Gasteiger charge is 2.08. The summed E-state index contributed by atoms with van der Waals surface area (Å²) < 4.78 is 13.0. The summed E-state index contributed by atoms with van der Waals surface area (Å²) in [7, 11) is 0. The van der Waals surface area contributed by atoms with Crippen LogP contribution in [0.5, 0.6) is 0 Å². The fraction of sp³-hybridized carbons (Fsp3) is 0. The van der Waals surface area contributed by atoms with E-state index in [4.69, 9.17) is 0 Å². The molecule has 16 heavy (non-hydrogen) atoms. The zero-order valence-electron chi connectivity index (χ0n) is 8.18. The molecule has 0 saturated carbocycles. The van der Waals surface area contributed by atoms with Crippen LogP contribution < -0.4 is 0 Å². The molecule has 3 rings (SSSR count). The van der Waals surface area contributed by atoms with E-state index in [1.807, 2.05) is 6.07 Å². The van der Waals surface area contributed by atoms with E-state index in [0.717, 1.165) is 16.5 Å². The van der Waals surface area contributed by atoms with Crippen LogP contribution in [0.3, 0.4) is 0 Å². The van der Waals surface area contributed by atoms with Crippen molar-refractivity contribution in [2.45, 2.75) is 0 Å². The van der Waals surface area contributed by atoms with E-state index in [2.05, 4.69) is 20.2 Å². The third-order valence-corrected chi connectivity index (χ3v) is 2.38. The molecule has 0 spiro atoms. The van der Waals surface area contributed by atoms with Gasteiger partial charge in [-0.3, -0.25) is 0 Å². The number of aromatic amines is 1. The van der Waals surface area contributed by atoms with Crippen molar-refractivity contribution in [3.05, 3.63) is 42.7 Å². The van der Waals surface area contributed by atoms with Gasteiger partial charge in [-0.25, -0.2) is 4.98 Å². The first-order valence-corrected chi connectivity index (χ1v) is 4.75. The van der Waals surface area contributed by atoms with Gasteiger partial charge in [0.1, 0.15) is 0 Å². The van der Waals surface area contributed by atoms with Gasteiger partial charge in [-0.05, 0) is 12.1 Å². The molecular formula is C11H7FN4. The lowest BCUT2D eigenvalue weighted by molar-refractivity contribution is 0.586. The van der Waals surface area contributed by atoms with Gasteiger partial charge in [0, 0.05) is 29.4 Å². The third-order valence-electron chi connectivity index (χ3n) is 2.38. The normalized spacial score (nSPS) is 10.8. The van der Waals surface area contributed by atoms with Crippen molar-refractivity contribution < 1.29 is 4.39 Å². The summed E-state index contributed by atoms with van der Waals surface area (Å²) in [5.74, 6) is -0.503. The number of nitrogens with zero attached hydrogens (tertiary/aromatic N) is 3. The highest BCUT2D eigenvalue weighted by atomic mass is 19.1. The minimum atomic E-state index is -0.503. The lowest BCUT2D eigenvalue weighted by Gasteiger charge is -1.96. The van der Waals surface area contributed by atoms with Gasteiger partial charge in [0.25, 0.3) is 0 Å². The summed E-state index contributed by atoms with van der Waals surface area (Å²) in [5.41, 5.74) is 2.31. The van der Waals surface area contributed by atoms with Crippen molar-refractivity contribution in [3.8, 4) is 11.3 Å². The van der Waals surface area contributed by atoms with E-state index < -0.39 is 5.95 Å². The predicted molar refractivity (Wildman–Crippen MR) is 57.1 cm³/mol. The molecule has 0 aliphatic rings. The van der Waals surface area contributed by atoms with Crippen molar-refractivity contribution in [2.24, 2.45) is 0 Å². The Morgan fingerprint density at radius 1 is 1.31 bits per heavy atom. The first-order valence-electron chi connectivity index (χ1n) is 4.75. The van der Waals surface area contributed by atoms with E-state index in [1.54, 1.807) is 18.5 Å². The lowest BCUT2D eigenvalue weighted by Crippen LogP contribution is -1.85. The molecule has 4 nitrogen and oxygen atoms in total. The standard InChI is InChI=1S/C11H7FN4/c12-11-4-7-8(5-13-10(7)6-14-11)9-2-1-3-15-16-9/h1-6,13H. The first-order chi connectivity index (χ1) is 7.84. The van der Waals surface area contributed by atoms with Crippen LogP contribution in [-0.2, 0) is 0 Å². The second kappa shape index (κ2) is 3.37. The number of halogens is 1. The van der Waals surface area contributed by atoms with Crippen molar-refractivity contribution in [1.82, 2.24) is 20.2 Å². The average Bonchev–Trinajstić information content (AvgIpc) is 2.73. The maximum absolute atomic E-state index is 13.0. The Kier molecular flexibility index (Phi) is 1.89. The topological polar surface area (TPSA) is 54.5 Å². The molecule has 1 N–H and O–H groups in total. The molecule has 3 aromatic rings. The fourth-order valence-electron chi connectivity index (χ4n) is 1.65. The molecule has 0 unspecified atom stereocenters. The molecule has 0 atom stereocenters. The van der Waals surface area contributed by atoms with Crippen molar-refractivity contribution in [2.75, 3.05) is 0 Å². The van der Waals surface area contributed by atoms with Gasteiger partial charge >= 0.3 is 0 Å². The van der Waals surface area contributed by atoms with Gasteiger partial charge in [0.05, 0.1) is 17.4 Å². The van der Waals surface area contributed by atoms with Crippen molar-refractivity contribution >= 4 is 10.9 Å². The number of H-pyrrole nitrogens is 1. The second-order valence-corrected chi connectivity index (χ2v) is 3.36. The summed E-state index contributed by atoms with van der Waals surface area (Å²) in [5, 5.41) is 8.54. The van der Waals surface area contributed by atoms with Gasteiger partial charge in [-0.2, -0.15) is 14.6 Å². The quantitative estimate of drug-likeness (QED) is 0.631. The van der Waals surface area contributed by atoms with Crippen LogP contribution in [0.25, 0.3) is 22.2 Å². The van der Waals surface area contributed by atoms with Crippen LogP contribution in [0, 0.1) is 5.95 Å². The number of aromatic nitrogens is 4. The highest BCUT2D eigenvalue weighted by Crippen LogP contribution is 2.26. The van der Waals surface area contributed by atoms with Crippen LogP contribution in [0.4, 0.5) is 4.39 Å². The van der Waals surface area contributed by atoms with Gasteiger partial charge < -0.3 is 4.98 Å². The maximum Gasteiger partial charge on any atom is 0.213 e. The Morgan fingerprint density at radius 3 is 3.06 bits per heavy atom. The second-order valence-electron chi connectivity index (χ2n) is 3.36. The Balaban J connectivity index is 2.29. The Bertz CT molecular complexity index is 633. The Hall–Kier alpha value is -2.30. The molecule has 0 aliphatic heterocycles. The largest absolute Gasteiger partial charge is 0.359 e. The molecule has 0 aliphatic carbocycles. The average molecular weight is 214 g/mol. The van der Waals surface area contributed by atoms with Crippen molar-refractivity contribution in [3.63, 3.8) is 0 Å². The number of hydrogen-bond acceptors (Lipinski definition) is 3. The molecule has 5 heteroatoms. The molecule has 0 saturated heterocycles. The van der Waals surface area contributed by atoms with Gasteiger partial charge in [-0.1, -0.05) is 0 Å². The minimum Gasteiger partial charge on any atom is -0.359 e. The SMILES string of the molecule is Fc1cc2c(-c3cccnn3)c[nH]c2cn1. The van der Waals surface area contributed by atoms with Crippen LogP contribution >= 0.6 is 0 Å². The summed E-state index contributed by atoms with van der Waals surface area (Å²) in [6.45, 7) is 0. The first kappa shape index (κ1) is 8.96. The van der Waals surface area contributed by atoms with Crippen LogP contribution in [0.2, 0.25) is 0 Å². The third kappa shape index (κ3) is 1.33. The molecule has 3 aromatic heterocycles. The van der Waals surface area contributed by atoms with Crippen LogP contribution in [0.15, 0.2) is 36.8 Å². The van der Waals surface area contributed by atoms with Crippen LogP contribution in [-0.4, -0.2) is 20.2 Å². The molecule has 78 valence electrons. The zero-order valence-corrected chi connectivity index (χ0v) is 8.18. The van der Waals surface area contributed by atoms with Gasteiger partial charge in [-0.15, -0.1) is 0 Å². The van der Waals surface area contributed by atoms with Crippen LogP contribution in [0.1, 0.15) is 0 Å². The predicted octanol–water partition coefficient (Wildman–Crippen LogP) is 2.16. The zero-order chi connectivity index (χ0) is 11.0. The molecule has 3 heterocycles. The summed E-state index contributed by atoms with van der Waals surface area (Å²) in [6, 6.07) is 5.00. The molecule has 0 fully saturated rings. The van der Waals surface area contributed by atoms with Gasteiger partial charge in [0.15, 0.2) is 0 Å². The highest BCUT2D eigenvalue weighted by molar-refractivity contribution is 5.93. The van der Waals surface area contributed by atoms with E-state index in [9.17, 15) is 4.39 Å².